The normalized spacial score (nSPS) is 10.5. The zero-order valence-corrected chi connectivity index (χ0v) is 35.1. The summed E-state index contributed by atoms with van der Waals surface area (Å²) in [5.41, 5.74) is 8.45. The van der Waals surface area contributed by atoms with Crippen molar-refractivity contribution in [3.63, 3.8) is 0 Å². The van der Waals surface area contributed by atoms with E-state index < -0.39 is 14.8 Å². The zero-order valence-electron chi connectivity index (χ0n) is 32.6. The van der Waals surface area contributed by atoms with Crippen molar-refractivity contribution < 1.29 is 14.8 Å². The molecular formula is C45H33N9O6S3. The fourth-order valence-electron chi connectivity index (χ4n) is 6.48. The van der Waals surface area contributed by atoms with Crippen LogP contribution in [0.4, 0.5) is 51.2 Å². The van der Waals surface area contributed by atoms with Gasteiger partial charge in [0, 0.05) is 87.2 Å². The van der Waals surface area contributed by atoms with Crippen molar-refractivity contribution >= 4 is 103 Å². The lowest BCUT2D eigenvalue weighted by Gasteiger charge is -2.19. The number of thiocarbonyl (C=S) groups is 3. The molecule has 0 fully saturated rings. The summed E-state index contributed by atoms with van der Waals surface area (Å²) in [5.74, 6) is 0. The third-order valence-corrected chi connectivity index (χ3v) is 10.0. The molecule has 7 aromatic rings. The van der Waals surface area contributed by atoms with Gasteiger partial charge >= 0.3 is 0 Å². The molecule has 0 aliphatic carbocycles. The van der Waals surface area contributed by atoms with E-state index in [-0.39, 0.29) is 32.4 Å². The summed E-state index contributed by atoms with van der Waals surface area (Å²) in [7, 11) is 0. The van der Waals surface area contributed by atoms with E-state index >= 15 is 0 Å². The van der Waals surface area contributed by atoms with Crippen LogP contribution in [0.5, 0.6) is 0 Å². The third kappa shape index (κ3) is 11.0. The van der Waals surface area contributed by atoms with E-state index in [0.29, 0.717) is 34.1 Å². The highest BCUT2D eigenvalue weighted by Gasteiger charge is 2.17. The van der Waals surface area contributed by atoms with Crippen molar-refractivity contribution in [2.75, 3.05) is 31.9 Å². The van der Waals surface area contributed by atoms with Crippen molar-refractivity contribution in [1.29, 1.82) is 0 Å². The Kier molecular flexibility index (Phi) is 13.3. The molecule has 63 heavy (non-hydrogen) atoms. The molecule has 312 valence electrons. The van der Waals surface area contributed by atoms with Crippen LogP contribution in [0.3, 0.4) is 0 Å². The Labute approximate surface area is 375 Å². The number of rotatable bonds is 12. The lowest BCUT2D eigenvalue weighted by atomic mass is 9.91. The lowest BCUT2D eigenvalue weighted by Crippen LogP contribution is -2.19. The van der Waals surface area contributed by atoms with Gasteiger partial charge < -0.3 is 31.9 Å². The first-order valence-electron chi connectivity index (χ1n) is 18.8. The molecule has 0 radical (unpaired) electrons. The van der Waals surface area contributed by atoms with Crippen LogP contribution in [0, 0.1) is 30.3 Å². The number of para-hydroxylation sites is 3. The first-order valence-corrected chi connectivity index (χ1v) is 20.0. The van der Waals surface area contributed by atoms with Gasteiger partial charge in [-0.15, -0.1) is 0 Å². The number of nitrogens with one attached hydrogen (secondary N) is 6. The summed E-state index contributed by atoms with van der Waals surface area (Å²) in [4.78, 5) is 32.1. The van der Waals surface area contributed by atoms with Crippen LogP contribution in [0.15, 0.2) is 164 Å². The van der Waals surface area contributed by atoms with E-state index in [4.69, 9.17) is 36.7 Å². The highest BCUT2D eigenvalue weighted by Crippen LogP contribution is 2.40. The molecule has 0 aliphatic rings. The first kappa shape index (κ1) is 42.9. The molecule has 0 atom stereocenters. The van der Waals surface area contributed by atoms with E-state index in [9.17, 15) is 30.3 Å². The topological polar surface area (TPSA) is 202 Å². The minimum atomic E-state index is -0.470. The molecule has 0 aromatic heterocycles. The Hall–Kier alpha value is -8.19. The van der Waals surface area contributed by atoms with Crippen LogP contribution in [0.25, 0.3) is 33.4 Å². The maximum absolute atomic E-state index is 11.2. The largest absolute Gasteiger partial charge is 0.332 e. The van der Waals surface area contributed by atoms with Gasteiger partial charge in [-0.1, -0.05) is 54.6 Å². The standard InChI is InChI=1S/C45H33N9O6S3/c55-52(56)34-19-13-31(14-20-34)46-43(61)49-40-10-4-1-7-37(40)28-25-29(38-8-2-5-11-41(38)50-44(62)47-32-15-21-35(22-16-32)53(57)58)27-30(26-28)39-9-3-6-12-42(39)51-45(63)48-33-17-23-36(24-18-33)54(59)60/h1-27H,(H2,46,49,61)(H2,47,50,62)(H2,48,51,63). The van der Waals surface area contributed by atoms with Crippen LogP contribution in [0.2, 0.25) is 0 Å². The summed E-state index contributed by atoms with van der Waals surface area (Å²) in [5, 5.41) is 53.5. The zero-order chi connectivity index (χ0) is 44.5. The minimum Gasteiger partial charge on any atom is -0.332 e. The SMILES string of the molecule is O=[N+]([O-])c1ccc(NC(=S)Nc2ccccc2-c2cc(-c3ccccc3NC(=S)Nc3ccc([N+](=O)[O-])cc3)cc(-c3ccccc3NC(=S)Nc3ccc([N+](=O)[O-])cc3)c2)cc1. The van der Waals surface area contributed by atoms with Gasteiger partial charge in [0.2, 0.25) is 0 Å². The molecule has 0 spiro atoms. The summed E-state index contributed by atoms with van der Waals surface area (Å²) < 4.78 is 0. The van der Waals surface area contributed by atoms with Crippen LogP contribution < -0.4 is 31.9 Å². The second kappa shape index (κ2) is 19.5. The maximum Gasteiger partial charge on any atom is 0.269 e. The van der Waals surface area contributed by atoms with Gasteiger partial charge in [0.15, 0.2) is 15.3 Å². The number of nitro groups is 3. The van der Waals surface area contributed by atoms with E-state index in [1.54, 1.807) is 36.4 Å². The number of hydrogen-bond donors (Lipinski definition) is 6. The van der Waals surface area contributed by atoms with E-state index in [2.05, 4.69) is 31.9 Å². The van der Waals surface area contributed by atoms with Gasteiger partial charge in [-0.25, -0.2) is 0 Å². The number of nitrogens with zero attached hydrogens (tertiary/aromatic N) is 3. The minimum absolute atomic E-state index is 0.0424. The molecule has 0 unspecified atom stereocenters. The Bertz CT molecular complexity index is 2570. The molecule has 0 heterocycles. The molecule has 0 amide bonds. The van der Waals surface area contributed by atoms with Crippen molar-refractivity contribution in [2.45, 2.75) is 0 Å². The average Bonchev–Trinajstić information content (AvgIpc) is 3.27. The first-order chi connectivity index (χ1) is 30.4. The Morgan fingerprint density at radius 3 is 0.825 bits per heavy atom. The average molecular weight is 892 g/mol. The van der Waals surface area contributed by atoms with Crippen LogP contribution in [0.1, 0.15) is 0 Å². The van der Waals surface area contributed by atoms with E-state index in [0.717, 1.165) is 33.4 Å². The molecule has 0 bridgehead atoms. The third-order valence-electron chi connectivity index (χ3n) is 9.40. The fourth-order valence-corrected chi connectivity index (χ4v) is 7.16. The van der Waals surface area contributed by atoms with Gasteiger partial charge in [0.1, 0.15) is 0 Å². The van der Waals surface area contributed by atoms with Crippen LogP contribution >= 0.6 is 36.7 Å². The smallest absolute Gasteiger partial charge is 0.269 e. The van der Waals surface area contributed by atoms with Crippen LogP contribution in [-0.4, -0.2) is 30.1 Å². The highest BCUT2D eigenvalue weighted by atomic mass is 32.1. The highest BCUT2D eigenvalue weighted by molar-refractivity contribution is 7.81. The number of hydrogen-bond acceptors (Lipinski definition) is 9. The van der Waals surface area contributed by atoms with Gasteiger partial charge in [0.05, 0.1) is 14.8 Å². The Morgan fingerprint density at radius 1 is 0.349 bits per heavy atom. The predicted molar refractivity (Wildman–Crippen MR) is 262 cm³/mol. The number of nitro benzene ring substituents is 3. The summed E-state index contributed by atoms with van der Waals surface area (Å²) in [6.45, 7) is 0. The molecule has 0 saturated carbocycles. The molecule has 7 rings (SSSR count). The molecule has 15 nitrogen and oxygen atoms in total. The van der Waals surface area contributed by atoms with E-state index in [1.807, 2.05) is 91.0 Å². The van der Waals surface area contributed by atoms with E-state index in [1.165, 1.54) is 36.4 Å². The van der Waals surface area contributed by atoms with Gasteiger partial charge in [-0.05, 0) is 126 Å². The second-order valence-corrected chi connectivity index (χ2v) is 14.8. The second-order valence-electron chi connectivity index (χ2n) is 13.6. The lowest BCUT2D eigenvalue weighted by molar-refractivity contribution is -0.385. The predicted octanol–water partition coefficient (Wildman–Crippen LogP) is 11.8. The van der Waals surface area contributed by atoms with Crippen LogP contribution in [-0.2, 0) is 0 Å². The van der Waals surface area contributed by atoms with Crippen molar-refractivity contribution in [1.82, 2.24) is 0 Å². The number of non-ortho nitro benzene ring substituents is 3. The molecular weight excluding hydrogens is 859 g/mol. The quantitative estimate of drug-likeness (QED) is 0.0384. The molecule has 0 aliphatic heterocycles. The maximum atomic E-state index is 11.2. The molecule has 6 N–H and O–H groups in total. The number of benzene rings is 7. The summed E-state index contributed by atoms with van der Waals surface area (Å²) in [6.07, 6.45) is 0. The van der Waals surface area contributed by atoms with Crippen molar-refractivity contribution in [3.05, 3.63) is 194 Å². The fraction of sp³-hybridized carbons (Fsp3) is 0. The van der Waals surface area contributed by atoms with Crippen molar-refractivity contribution in [3.8, 4) is 33.4 Å². The molecule has 18 heteroatoms. The monoisotopic (exact) mass is 891 g/mol. The summed E-state index contributed by atoms with van der Waals surface area (Å²) in [6, 6.07) is 46.8. The van der Waals surface area contributed by atoms with Gasteiger partial charge in [-0.2, -0.15) is 0 Å². The van der Waals surface area contributed by atoms with Gasteiger partial charge in [-0.3, -0.25) is 30.3 Å². The molecule has 0 saturated heterocycles. The van der Waals surface area contributed by atoms with Crippen molar-refractivity contribution in [2.24, 2.45) is 0 Å². The summed E-state index contributed by atoms with van der Waals surface area (Å²) >= 11 is 17.1. The number of anilines is 6. The Balaban J connectivity index is 1.25. The molecule has 7 aromatic carbocycles. The van der Waals surface area contributed by atoms with Gasteiger partial charge in [0.25, 0.3) is 17.1 Å². The Morgan fingerprint density at radius 2 is 0.587 bits per heavy atom.